The maximum Gasteiger partial charge on any atom is 0.287 e. The predicted octanol–water partition coefficient (Wildman–Crippen LogP) is 9.74. The zero-order chi connectivity index (χ0) is 26.0. The molecular weight excluding hydrogens is 435 g/mol. The normalized spacial score (nSPS) is 19.4. The zero-order valence-corrected chi connectivity index (χ0v) is 25.0. The lowest BCUT2D eigenvalue weighted by molar-refractivity contribution is 0.445. The van der Waals surface area contributed by atoms with E-state index in [0.717, 1.165) is 11.5 Å². The topological polar surface area (TPSA) is 18.5 Å². The van der Waals surface area contributed by atoms with Crippen molar-refractivity contribution < 1.29 is 9.05 Å². The highest BCUT2D eigenvalue weighted by molar-refractivity contribution is 7.47. The molecule has 0 bridgehead atoms. The molecule has 2 nitrogen and oxygen atoms in total. The van der Waals surface area contributed by atoms with Gasteiger partial charge in [0.1, 0.15) is 11.5 Å². The Bertz CT molecular complexity index is 984. The molecule has 0 amide bonds. The summed E-state index contributed by atoms with van der Waals surface area (Å²) in [6.07, 6.45) is 0. The van der Waals surface area contributed by atoms with Gasteiger partial charge >= 0.3 is 0 Å². The predicted molar refractivity (Wildman–Crippen MR) is 149 cm³/mol. The molecule has 3 rings (SSSR count). The van der Waals surface area contributed by atoms with Crippen molar-refractivity contribution in [1.29, 1.82) is 0 Å². The first kappa shape index (κ1) is 27.1. The largest absolute Gasteiger partial charge is 0.438 e. The zero-order valence-electron chi connectivity index (χ0n) is 24.2. The van der Waals surface area contributed by atoms with E-state index in [0.29, 0.717) is 0 Å². The van der Waals surface area contributed by atoms with Gasteiger partial charge in [-0.15, -0.1) is 0 Å². The van der Waals surface area contributed by atoms with E-state index in [9.17, 15) is 0 Å². The molecule has 0 aromatic heterocycles. The summed E-state index contributed by atoms with van der Waals surface area (Å²) in [7, 11) is -1.13. The Morgan fingerprint density at radius 1 is 0.559 bits per heavy atom. The second-order valence-electron chi connectivity index (χ2n) is 14.2. The molecule has 3 heteroatoms. The third-order valence-corrected chi connectivity index (χ3v) is 7.84. The first-order valence-electron chi connectivity index (χ1n) is 12.7. The monoisotopic (exact) mass is 482 g/mol. The van der Waals surface area contributed by atoms with E-state index in [4.69, 9.17) is 9.05 Å². The van der Waals surface area contributed by atoms with E-state index < -0.39 is 8.38 Å². The molecule has 1 heterocycles. The first-order valence-corrected chi connectivity index (χ1v) is 14.3. The molecule has 0 unspecified atom stereocenters. The van der Waals surface area contributed by atoms with E-state index in [2.05, 4.69) is 121 Å². The summed E-state index contributed by atoms with van der Waals surface area (Å²) in [5.41, 5.74) is 7.85. The van der Waals surface area contributed by atoms with E-state index in [1.165, 1.54) is 33.4 Å². The summed E-state index contributed by atoms with van der Waals surface area (Å²) < 4.78 is 13.4. The smallest absolute Gasteiger partial charge is 0.287 e. The third kappa shape index (κ3) is 5.33. The fourth-order valence-electron chi connectivity index (χ4n) is 4.57. The summed E-state index contributed by atoms with van der Waals surface area (Å²) in [5, 5.41) is 0. The van der Waals surface area contributed by atoms with Crippen LogP contribution in [0.25, 0.3) is 0 Å². The number of hydrogen-bond donors (Lipinski definition) is 0. The van der Waals surface area contributed by atoms with E-state index >= 15 is 0 Å². The van der Waals surface area contributed by atoms with E-state index in [1.807, 2.05) is 0 Å². The molecule has 34 heavy (non-hydrogen) atoms. The molecule has 0 N–H and O–H groups in total. The van der Waals surface area contributed by atoms with Gasteiger partial charge in [-0.3, -0.25) is 0 Å². The Hall–Kier alpha value is -1.53. The Morgan fingerprint density at radius 3 is 1.15 bits per heavy atom. The summed E-state index contributed by atoms with van der Waals surface area (Å²) in [4.78, 5) is 0. The Kier molecular flexibility index (Phi) is 6.80. The standard InChI is InChI=1S/C31H47O2P/c1-19-22-15-20(28(2,3)4)17-24(30(8,9)10)26(22)32-34(14)33-27-23(19)16-21(29(5,6)7)18-25(27)31(11,12)13/h15-19H,1-14H3. The molecule has 2 aromatic carbocycles. The van der Waals surface area contributed by atoms with Crippen LogP contribution in [0.1, 0.15) is 129 Å². The summed E-state index contributed by atoms with van der Waals surface area (Å²) >= 11 is 0. The highest BCUT2D eigenvalue weighted by Gasteiger charge is 2.35. The highest BCUT2D eigenvalue weighted by atomic mass is 31.2. The van der Waals surface area contributed by atoms with Gasteiger partial charge in [0.25, 0.3) is 8.38 Å². The van der Waals surface area contributed by atoms with Crippen LogP contribution in [-0.2, 0) is 21.7 Å². The lowest BCUT2D eigenvalue weighted by atomic mass is 9.74. The van der Waals surface area contributed by atoms with Gasteiger partial charge in [-0.1, -0.05) is 114 Å². The van der Waals surface area contributed by atoms with Gasteiger partial charge in [-0.2, -0.15) is 0 Å². The van der Waals surface area contributed by atoms with Crippen LogP contribution in [0.4, 0.5) is 0 Å². The van der Waals surface area contributed by atoms with Crippen molar-refractivity contribution in [2.45, 2.75) is 118 Å². The third-order valence-electron chi connectivity index (χ3n) is 6.96. The molecule has 0 spiro atoms. The van der Waals surface area contributed by atoms with Crippen LogP contribution in [0.2, 0.25) is 0 Å². The molecule has 0 fully saturated rings. The van der Waals surface area contributed by atoms with Crippen LogP contribution in [0.5, 0.6) is 11.5 Å². The quantitative estimate of drug-likeness (QED) is 0.348. The van der Waals surface area contributed by atoms with E-state index in [1.54, 1.807) is 0 Å². The summed E-state index contributed by atoms with van der Waals surface area (Å²) in [5.74, 6) is 2.19. The van der Waals surface area contributed by atoms with Crippen molar-refractivity contribution in [3.8, 4) is 11.5 Å². The molecule has 1 aliphatic heterocycles. The molecule has 0 radical (unpaired) electrons. The lowest BCUT2D eigenvalue weighted by Crippen LogP contribution is -2.22. The average molecular weight is 483 g/mol. The first-order chi connectivity index (χ1) is 15.2. The van der Waals surface area contributed by atoms with Gasteiger partial charge in [0.05, 0.1) is 0 Å². The van der Waals surface area contributed by atoms with Gasteiger partial charge in [-0.25, -0.2) is 0 Å². The minimum absolute atomic E-state index is 0.0346. The van der Waals surface area contributed by atoms with Crippen molar-refractivity contribution in [2.24, 2.45) is 0 Å². The van der Waals surface area contributed by atoms with Gasteiger partial charge in [0, 0.05) is 34.8 Å². The Balaban J connectivity index is 2.44. The molecule has 1 aliphatic rings. The summed E-state index contributed by atoms with van der Waals surface area (Å²) in [6.45, 7) is 31.9. The molecule has 0 atom stereocenters. The second-order valence-corrected chi connectivity index (χ2v) is 15.5. The fourth-order valence-corrected chi connectivity index (χ4v) is 5.53. The summed E-state index contributed by atoms with van der Waals surface area (Å²) in [6, 6.07) is 9.52. The van der Waals surface area contributed by atoms with Gasteiger partial charge in [0.15, 0.2) is 0 Å². The molecule has 188 valence electrons. The molecule has 0 saturated heterocycles. The molecular formula is C31H47O2P. The van der Waals surface area contributed by atoms with Crippen molar-refractivity contribution in [3.05, 3.63) is 57.6 Å². The van der Waals surface area contributed by atoms with Crippen molar-refractivity contribution in [3.63, 3.8) is 0 Å². The number of hydrogen-bond acceptors (Lipinski definition) is 2. The second kappa shape index (κ2) is 8.55. The van der Waals surface area contributed by atoms with Gasteiger partial charge in [0.2, 0.25) is 0 Å². The Labute approximate surface area is 210 Å². The van der Waals surface area contributed by atoms with Gasteiger partial charge in [-0.05, 0) is 32.8 Å². The highest BCUT2D eigenvalue weighted by Crippen LogP contribution is 2.54. The number of benzene rings is 2. The van der Waals surface area contributed by atoms with Crippen LogP contribution in [0.15, 0.2) is 24.3 Å². The van der Waals surface area contributed by atoms with Crippen molar-refractivity contribution in [2.75, 3.05) is 6.66 Å². The van der Waals surface area contributed by atoms with E-state index in [-0.39, 0.29) is 27.6 Å². The molecule has 0 aliphatic carbocycles. The lowest BCUT2D eigenvalue weighted by Gasteiger charge is -2.36. The van der Waals surface area contributed by atoms with Crippen LogP contribution in [0.3, 0.4) is 0 Å². The van der Waals surface area contributed by atoms with Crippen LogP contribution >= 0.6 is 8.38 Å². The fraction of sp³-hybridized carbons (Fsp3) is 0.613. The number of fused-ring (bicyclic) bond motifs is 2. The number of rotatable bonds is 0. The minimum atomic E-state index is -1.13. The van der Waals surface area contributed by atoms with Gasteiger partial charge < -0.3 is 9.05 Å². The maximum absolute atomic E-state index is 6.70. The van der Waals surface area contributed by atoms with Crippen LogP contribution in [0, 0.1) is 0 Å². The molecule has 0 saturated carbocycles. The molecule has 2 aromatic rings. The average Bonchev–Trinajstić information content (AvgIpc) is 2.63. The van der Waals surface area contributed by atoms with Crippen molar-refractivity contribution >= 4 is 8.38 Å². The minimum Gasteiger partial charge on any atom is -0.438 e. The van der Waals surface area contributed by atoms with Crippen LogP contribution < -0.4 is 9.05 Å². The Morgan fingerprint density at radius 2 is 0.882 bits per heavy atom. The SMILES string of the molecule is CC1c2cc(C(C)(C)C)cc(C(C)(C)C)c2OP(C)Oc2c1cc(C(C)(C)C)cc2C(C)(C)C. The van der Waals surface area contributed by atoms with Crippen molar-refractivity contribution in [1.82, 2.24) is 0 Å². The maximum atomic E-state index is 6.70. The van der Waals surface area contributed by atoms with Crippen LogP contribution in [-0.4, -0.2) is 6.66 Å².